The smallest absolute Gasteiger partial charge is 0.0456 e. The number of thiophene rings is 1. The largest absolute Gasteiger partial charge is 0.312 e. The highest BCUT2D eigenvalue weighted by atomic mass is 32.1. The van der Waals surface area contributed by atoms with Crippen LogP contribution in [0.4, 0.5) is 0 Å². The fourth-order valence-electron chi connectivity index (χ4n) is 2.13. The molecule has 0 fully saturated rings. The van der Waals surface area contributed by atoms with E-state index in [2.05, 4.69) is 54.9 Å². The first-order valence-electron chi connectivity index (χ1n) is 5.98. The summed E-state index contributed by atoms with van der Waals surface area (Å²) in [6, 6.07) is 11.3. The second-order valence-corrected chi connectivity index (χ2v) is 5.39. The number of benzene rings is 1. The number of hydrogen-bond donors (Lipinski definition) is 1. The van der Waals surface area contributed by atoms with Crippen LogP contribution in [-0.4, -0.2) is 7.05 Å². The van der Waals surface area contributed by atoms with Gasteiger partial charge in [0.1, 0.15) is 0 Å². The van der Waals surface area contributed by atoms with Gasteiger partial charge in [0.05, 0.1) is 0 Å². The van der Waals surface area contributed by atoms with Crippen LogP contribution in [0.3, 0.4) is 0 Å². The summed E-state index contributed by atoms with van der Waals surface area (Å²) in [5.41, 5.74) is 4.20. The molecule has 1 nitrogen and oxygen atoms in total. The Morgan fingerprint density at radius 3 is 2.47 bits per heavy atom. The van der Waals surface area contributed by atoms with Crippen molar-refractivity contribution in [2.75, 3.05) is 7.05 Å². The highest BCUT2D eigenvalue weighted by Crippen LogP contribution is 2.27. The van der Waals surface area contributed by atoms with Crippen LogP contribution in [0.25, 0.3) is 0 Å². The van der Waals surface area contributed by atoms with E-state index in [0.29, 0.717) is 6.04 Å². The van der Waals surface area contributed by atoms with Gasteiger partial charge in [0.2, 0.25) is 0 Å². The Labute approximate surface area is 108 Å². The second kappa shape index (κ2) is 5.48. The van der Waals surface area contributed by atoms with E-state index < -0.39 is 0 Å². The van der Waals surface area contributed by atoms with Crippen LogP contribution in [0.5, 0.6) is 0 Å². The lowest BCUT2D eigenvalue weighted by atomic mass is 9.99. The zero-order valence-corrected chi connectivity index (χ0v) is 11.5. The van der Waals surface area contributed by atoms with Crippen LogP contribution >= 0.6 is 11.3 Å². The molecule has 1 atom stereocenters. The molecule has 1 heterocycles. The van der Waals surface area contributed by atoms with Gasteiger partial charge >= 0.3 is 0 Å². The maximum atomic E-state index is 3.43. The summed E-state index contributed by atoms with van der Waals surface area (Å²) in [5.74, 6) is 0. The summed E-state index contributed by atoms with van der Waals surface area (Å²) in [6.45, 7) is 4.37. The van der Waals surface area contributed by atoms with Crippen LogP contribution in [0.2, 0.25) is 0 Å². The molecule has 1 unspecified atom stereocenters. The fourth-order valence-corrected chi connectivity index (χ4v) is 3.16. The van der Waals surface area contributed by atoms with Gasteiger partial charge < -0.3 is 5.32 Å². The van der Waals surface area contributed by atoms with Gasteiger partial charge in [-0.1, -0.05) is 24.3 Å². The SMILES string of the molecule is CNC(Cc1ccccc1C)c1sccc1C. The van der Waals surface area contributed by atoms with Crippen molar-refractivity contribution in [2.45, 2.75) is 26.3 Å². The van der Waals surface area contributed by atoms with Crippen LogP contribution in [-0.2, 0) is 6.42 Å². The summed E-state index contributed by atoms with van der Waals surface area (Å²) < 4.78 is 0. The first kappa shape index (κ1) is 12.3. The molecule has 0 bridgehead atoms. The minimum Gasteiger partial charge on any atom is -0.312 e. The van der Waals surface area contributed by atoms with E-state index in [1.807, 2.05) is 18.4 Å². The van der Waals surface area contributed by atoms with Crippen LogP contribution in [0.15, 0.2) is 35.7 Å². The molecule has 1 N–H and O–H groups in total. The maximum Gasteiger partial charge on any atom is 0.0456 e. The molecule has 2 heteroatoms. The van der Waals surface area contributed by atoms with E-state index in [4.69, 9.17) is 0 Å². The third kappa shape index (κ3) is 2.76. The zero-order chi connectivity index (χ0) is 12.3. The van der Waals surface area contributed by atoms with E-state index in [1.165, 1.54) is 21.6 Å². The third-order valence-corrected chi connectivity index (χ3v) is 4.38. The summed E-state index contributed by atoms with van der Waals surface area (Å²) in [6.07, 6.45) is 1.06. The Morgan fingerprint density at radius 1 is 1.12 bits per heavy atom. The monoisotopic (exact) mass is 245 g/mol. The molecule has 0 saturated heterocycles. The number of nitrogens with one attached hydrogen (secondary N) is 1. The third-order valence-electron chi connectivity index (χ3n) is 3.25. The average molecular weight is 245 g/mol. The fraction of sp³-hybridized carbons (Fsp3) is 0.333. The van der Waals surface area contributed by atoms with Crippen molar-refractivity contribution in [3.05, 3.63) is 57.3 Å². The molecule has 0 aliphatic carbocycles. The summed E-state index contributed by atoms with van der Waals surface area (Å²) in [5, 5.41) is 5.60. The second-order valence-electron chi connectivity index (χ2n) is 4.44. The molecule has 0 saturated carbocycles. The first-order valence-corrected chi connectivity index (χ1v) is 6.86. The summed E-state index contributed by atoms with van der Waals surface area (Å²) in [7, 11) is 2.04. The molecule has 0 radical (unpaired) electrons. The van der Waals surface area contributed by atoms with Gasteiger partial charge in [0.25, 0.3) is 0 Å². The Morgan fingerprint density at radius 2 is 1.88 bits per heavy atom. The molecule has 0 spiro atoms. The van der Waals surface area contributed by atoms with Crippen molar-refractivity contribution in [2.24, 2.45) is 0 Å². The Kier molecular flexibility index (Phi) is 3.97. The summed E-state index contributed by atoms with van der Waals surface area (Å²) in [4.78, 5) is 1.45. The van der Waals surface area contributed by atoms with E-state index in [9.17, 15) is 0 Å². The maximum absolute atomic E-state index is 3.43. The quantitative estimate of drug-likeness (QED) is 0.862. The molecule has 0 aliphatic heterocycles. The van der Waals surface area contributed by atoms with Gasteiger partial charge in [-0.2, -0.15) is 0 Å². The lowest BCUT2D eigenvalue weighted by Gasteiger charge is -2.17. The normalized spacial score (nSPS) is 12.6. The molecule has 0 aliphatic rings. The Hall–Kier alpha value is -1.12. The number of aryl methyl sites for hydroxylation is 2. The predicted molar refractivity (Wildman–Crippen MR) is 75.7 cm³/mol. The van der Waals surface area contributed by atoms with Crippen molar-refractivity contribution in [3.8, 4) is 0 Å². The molecular formula is C15H19NS. The Balaban J connectivity index is 2.22. The molecule has 2 rings (SSSR count). The molecule has 1 aromatic heterocycles. The van der Waals surface area contributed by atoms with Crippen molar-refractivity contribution in [1.29, 1.82) is 0 Å². The van der Waals surface area contributed by atoms with Gasteiger partial charge in [-0.15, -0.1) is 11.3 Å². The minimum absolute atomic E-state index is 0.427. The van der Waals surface area contributed by atoms with E-state index >= 15 is 0 Å². The first-order chi connectivity index (χ1) is 8.22. The van der Waals surface area contributed by atoms with Crippen LogP contribution in [0, 0.1) is 13.8 Å². The van der Waals surface area contributed by atoms with E-state index in [1.54, 1.807) is 0 Å². The molecular weight excluding hydrogens is 226 g/mol. The minimum atomic E-state index is 0.427. The Bertz CT molecular complexity index is 487. The van der Waals surface area contributed by atoms with Gasteiger partial charge in [-0.3, -0.25) is 0 Å². The van der Waals surface area contributed by atoms with Gasteiger partial charge in [0, 0.05) is 10.9 Å². The van der Waals surface area contributed by atoms with Crippen molar-refractivity contribution < 1.29 is 0 Å². The lowest BCUT2D eigenvalue weighted by molar-refractivity contribution is 0.598. The van der Waals surface area contributed by atoms with Gasteiger partial charge in [-0.25, -0.2) is 0 Å². The van der Waals surface area contributed by atoms with E-state index in [-0.39, 0.29) is 0 Å². The number of rotatable bonds is 4. The van der Waals surface area contributed by atoms with Gasteiger partial charge in [-0.05, 0) is 55.5 Å². The molecule has 1 aromatic carbocycles. The van der Waals surface area contributed by atoms with Crippen molar-refractivity contribution in [3.63, 3.8) is 0 Å². The topological polar surface area (TPSA) is 12.0 Å². The highest BCUT2D eigenvalue weighted by Gasteiger charge is 2.14. The molecule has 2 aromatic rings. The molecule has 0 amide bonds. The van der Waals surface area contributed by atoms with Gasteiger partial charge in [0.15, 0.2) is 0 Å². The number of hydrogen-bond acceptors (Lipinski definition) is 2. The van der Waals surface area contributed by atoms with Crippen LogP contribution in [0.1, 0.15) is 27.6 Å². The molecule has 90 valence electrons. The van der Waals surface area contributed by atoms with E-state index in [0.717, 1.165) is 6.42 Å². The van der Waals surface area contributed by atoms with Crippen LogP contribution < -0.4 is 5.32 Å². The molecule has 17 heavy (non-hydrogen) atoms. The van der Waals surface area contributed by atoms with Crippen molar-refractivity contribution in [1.82, 2.24) is 5.32 Å². The number of likely N-dealkylation sites (N-methyl/N-ethyl adjacent to an activating group) is 1. The summed E-state index contributed by atoms with van der Waals surface area (Å²) >= 11 is 1.84. The highest BCUT2D eigenvalue weighted by molar-refractivity contribution is 7.10. The van der Waals surface area contributed by atoms with Crippen molar-refractivity contribution >= 4 is 11.3 Å². The zero-order valence-electron chi connectivity index (χ0n) is 10.7. The predicted octanol–water partition coefficient (Wildman–Crippen LogP) is 3.87. The average Bonchev–Trinajstić information content (AvgIpc) is 2.75. The standard InChI is InChI=1S/C15H19NS/c1-11-6-4-5-7-13(11)10-14(16-3)15-12(2)8-9-17-15/h4-9,14,16H,10H2,1-3H3. The lowest BCUT2D eigenvalue weighted by Crippen LogP contribution is -2.18.